The Morgan fingerprint density at radius 1 is 0.574 bits per heavy atom. The van der Waals surface area contributed by atoms with E-state index in [1.165, 1.54) is 11.8 Å². The van der Waals surface area contributed by atoms with Gasteiger partial charge in [0.05, 0.1) is 17.7 Å². The zero-order valence-corrected chi connectivity index (χ0v) is 32.5. The SMILES string of the molecule is C=Cc1c(F)c(F)c(F)c(F)c1F.C=Cc1c(F)c(F)c(OCCCCSC(=O)c2ccccc2)c(F)c1F.O=C(SCCCCO)c1ccccc1.[H-].[Na+]. The molecule has 0 unspecified atom stereocenters. The van der Waals surface area contributed by atoms with E-state index in [0.29, 0.717) is 36.3 Å². The molecule has 0 aromatic heterocycles. The summed E-state index contributed by atoms with van der Waals surface area (Å²) >= 11 is 2.44. The van der Waals surface area contributed by atoms with Crippen LogP contribution >= 0.6 is 23.5 Å². The molecule has 0 saturated heterocycles. The van der Waals surface area contributed by atoms with Crippen LogP contribution < -0.4 is 34.3 Å². The Kier molecular flexibility index (Phi) is 23.0. The van der Waals surface area contributed by atoms with Crippen molar-refractivity contribution in [2.75, 3.05) is 24.7 Å². The van der Waals surface area contributed by atoms with E-state index in [1.54, 1.807) is 24.3 Å². The van der Waals surface area contributed by atoms with Crippen LogP contribution in [0.25, 0.3) is 12.2 Å². The number of carbonyl (C=O) groups excluding carboxylic acids is 2. The minimum absolute atomic E-state index is 0. The zero-order chi connectivity index (χ0) is 39.5. The average Bonchev–Trinajstić information content (AvgIpc) is 3.18. The van der Waals surface area contributed by atoms with Gasteiger partial charge in [0.25, 0.3) is 0 Å². The molecular formula is C38H34F9NaO4S2. The summed E-state index contributed by atoms with van der Waals surface area (Å²) in [5.74, 6) is -15.9. The van der Waals surface area contributed by atoms with Crippen molar-refractivity contribution in [2.45, 2.75) is 25.7 Å². The van der Waals surface area contributed by atoms with E-state index in [9.17, 15) is 49.1 Å². The van der Waals surface area contributed by atoms with Crippen molar-refractivity contribution in [3.05, 3.63) is 148 Å². The Morgan fingerprint density at radius 3 is 1.30 bits per heavy atom. The number of aliphatic hydroxyl groups excluding tert-OH is 1. The van der Waals surface area contributed by atoms with Gasteiger partial charge in [-0.25, -0.2) is 30.7 Å². The van der Waals surface area contributed by atoms with Crippen LogP contribution in [-0.2, 0) is 0 Å². The Labute approximate surface area is 338 Å². The Bertz CT molecular complexity index is 1800. The molecule has 0 aliphatic heterocycles. The molecule has 16 heteroatoms. The maximum Gasteiger partial charge on any atom is 1.00 e. The number of unbranched alkanes of at least 4 members (excludes halogenated alkanes) is 2. The van der Waals surface area contributed by atoms with Crippen molar-refractivity contribution in [1.29, 1.82) is 0 Å². The van der Waals surface area contributed by atoms with Crippen LogP contribution in [0.3, 0.4) is 0 Å². The molecule has 0 bridgehead atoms. The van der Waals surface area contributed by atoms with Crippen LogP contribution in [0.15, 0.2) is 73.8 Å². The second-order valence-electron chi connectivity index (χ2n) is 10.4. The Morgan fingerprint density at radius 2 is 0.926 bits per heavy atom. The first-order valence-corrected chi connectivity index (χ1v) is 17.6. The quantitative estimate of drug-likeness (QED) is 0.0457. The summed E-state index contributed by atoms with van der Waals surface area (Å²) in [6, 6.07) is 18.0. The Hall–Kier alpha value is -3.47. The van der Waals surface area contributed by atoms with Gasteiger partial charge in [-0.1, -0.05) is 109 Å². The fourth-order valence-corrected chi connectivity index (χ4v) is 5.65. The summed E-state index contributed by atoms with van der Waals surface area (Å²) in [4.78, 5) is 23.4. The van der Waals surface area contributed by atoms with Crippen molar-refractivity contribution in [3.63, 3.8) is 0 Å². The van der Waals surface area contributed by atoms with E-state index in [4.69, 9.17) is 9.84 Å². The maximum atomic E-state index is 13.8. The number of benzene rings is 4. The number of rotatable bonds is 14. The summed E-state index contributed by atoms with van der Waals surface area (Å²) in [6.07, 6.45) is 3.81. The maximum absolute atomic E-state index is 13.8. The molecule has 0 aliphatic rings. The monoisotopic (exact) mass is 812 g/mol. The van der Waals surface area contributed by atoms with Gasteiger partial charge in [-0.15, -0.1) is 0 Å². The predicted molar refractivity (Wildman–Crippen MR) is 191 cm³/mol. The molecule has 4 aromatic rings. The molecule has 0 aliphatic carbocycles. The normalized spacial score (nSPS) is 10.2. The van der Waals surface area contributed by atoms with Crippen LogP contribution in [0, 0.1) is 52.4 Å². The predicted octanol–water partition coefficient (Wildman–Crippen LogP) is 8.09. The minimum Gasteiger partial charge on any atom is -1.00 e. The third kappa shape index (κ3) is 14.3. The van der Waals surface area contributed by atoms with Gasteiger partial charge in [0.1, 0.15) is 0 Å². The number of aliphatic hydroxyl groups is 1. The molecule has 1 N–H and O–H groups in total. The molecule has 4 nitrogen and oxygen atoms in total. The van der Waals surface area contributed by atoms with Crippen molar-refractivity contribution in [1.82, 2.24) is 0 Å². The topological polar surface area (TPSA) is 63.6 Å². The second-order valence-corrected chi connectivity index (χ2v) is 12.5. The van der Waals surface area contributed by atoms with E-state index in [0.717, 1.165) is 35.9 Å². The fraction of sp³-hybridized carbons (Fsp3) is 0.211. The molecular weight excluding hydrogens is 779 g/mol. The standard InChI is InChI=1S/C19H16F4O2S.C11H14O2S.C8H3F5.Na.H/c1-2-13-14(20)16(22)18(17(23)15(13)21)25-10-6-7-11-26-19(24)12-8-4-3-5-9-12;12-8-4-5-9-14-11(13)10-6-2-1-3-7-10;1-2-3-4(9)6(11)8(13)7(12)5(3)10;;/h2-5,8-9H,1,6-7,10-11H2;1-3,6-7,12H,4-5,8-9H2;2H,1H2;;/q;;;+1;-1. The summed E-state index contributed by atoms with van der Waals surface area (Å²) in [7, 11) is 0. The fourth-order valence-electron chi connectivity index (χ4n) is 3.97. The van der Waals surface area contributed by atoms with Crippen LogP contribution in [0.4, 0.5) is 39.5 Å². The third-order valence-electron chi connectivity index (χ3n) is 6.73. The van der Waals surface area contributed by atoms with Gasteiger partial charge in [0, 0.05) is 29.2 Å². The van der Waals surface area contributed by atoms with E-state index < -0.39 is 69.2 Å². The van der Waals surface area contributed by atoms with Gasteiger partial charge >= 0.3 is 29.6 Å². The van der Waals surface area contributed by atoms with Gasteiger partial charge in [-0.05, 0) is 25.7 Å². The molecule has 286 valence electrons. The third-order valence-corrected chi connectivity index (χ3v) is 8.71. The molecule has 4 aromatic carbocycles. The molecule has 0 spiro atoms. The van der Waals surface area contributed by atoms with Crippen molar-refractivity contribution >= 4 is 45.9 Å². The summed E-state index contributed by atoms with van der Waals surface area (Å²) in [5.41, 5.74) is -0.549. The molecule has 0 fully saturated rings. The smallest absolute Gasteiger partial charge is 1.00 e. The van der Waals surface area contributed by atoms with E-state index in [2.05, 4.69) is 13.2 Å². The van der Waals surface area contributed by atoms with E-state index >= 15 is 0 Å². The number of halogens is 9. The number of ether oxygens (including phenoxy) is 1. The number of hydrogen-bond acceptors (Lipinski definition) is 6. The minimum atomic E-state index is -2.17. The van der Waals surface area contributed by atoms with Gasteiger partial charge in [-0.3, -0.25) is 9.59 Å². The molecule has 0 heterocycles. The van der Waals surface area contributed by atoms with Crippen molar-refractivity contribution < 1.29 is 89.9 Å². The van der Waals surface area contributed by atoms with Crippen LogP contribution in [0.5, 0.6) is 5.75 Å². The van der Waals surface area contributed by atoms with Crippen LogP contribution in [0.1, 0.15) is 59.0 Å². The largest absolute Gasteiger partial charge is 1.00 e. The number of hydrogen-bond donors (Lipinski definition) is 1. The summed E-state index contributed by atoms with van der Waals surface area (Å²) in [5, 5.41) is 8.59. The molecule has 0 radical (unpaired) electrons. The first kappa shape index (κ1) is 48.5. The zero-order valence-electron chi connectivity index (χ0n) is 29.9. The van der Waals surface area contributed by atoms with Crippen molar-refractivity contribution in [3.8, 4) is 5.75 Å². The number of thioether (sulfide) groups is 2. The first-order valence-electron chi connectivity index (χ1n) is 15.6. The van der Waals surface area contributed by atoms with Crippen molar-refractivity contribution in [2.24, 2.45) is 0 Å². The first-order chi connectivity index (χ1) is 25.3. The van der Waals surface area contributed by atoms with E-state index in [1.807, 2.05) is 36.4 Å². The molecule has 54 heavy (non-hydrogen) atoms. The van der Waals surface area contributed by atoms with Gasteiger partial charge < -0.3 is 11.3 Å². The van der Waals surface area contributed by atoms with Crippen LogP contribution in [0.2, 0.25) is 0 Å². The molecule has 0 amide bonds. The summed E-state index contributed by atoms with van der Waals surface area (Å²) in [6.45, 7) is 6.11. The molecule has 0 atom stereocenters. The average molecular weight is 813 g/mol. The van der Waals surface area contributed by atoms with Crippen LogP contribution in [-0.4, -0.2) is 40.1 Å². The number of carbonyl (C=O) groups is 2. The molecule has 0 saturated carbocycles. The van der Waals surface area contributed by atoms with Gasteiger partial charge in [0.15, 0.2) is 40.7 Å². The Balaban J connectivity index is 0.000000854. The van der Waals surface area contributed by atoms with Gasteiger partial charge in [-0.2, -0.15) is 8.78 Å². The second kappa shape index (κ2) is 25.6. The summed E-state index contributed by atoms with van der Waals surface area (Å²) < 4.78 is 122. The van der Waals surface area contributed by atoms with Gasteiger partial charge in [0.2, 0.25) is 27.7 Å². The van der Waals surface area contributed by atoms with E-state index in [-0.39, 0.29) is 54.4 Å². The molecule has 4 rings (SSSR count).